The van der Waals surface area contributed by atoms with Crippen LogP contribution in [0.15, 0.2) is 24.3 Å². The van der Waals surface area contributed by atoms with Crippen molar-refractivity contribution in [3.05, 3.63) is 35.4 Å². The number of hydrogen-bond donors (Lipinski definition) is 2. The van der Waals surface area contributed by atoms with Crippen LogP contribution in [0.4, 0.5) is 13.2 Å². The smallest absolute Gasteiger partial charge is 0.416 e. The number of carbonyl (C=O) groups is 2. The molecule has 1 aromatic carbocycles. The van der Waals surface area contributed by atoms with E-state index in [0.717, 1.165) is 24.3 Å². The zero-order chi connectivity index (χ0) is 15.2. The van der Waals surface area contributed by atoms with Crippen molar-refractivity contribution in [3.8, 4) is 0 Å². The van der Waals surface area contributed by atoms with E-state index in [1.807, 2.05) is 0 Å². The van der Waals surface area contributed by atoms with Gasteiger partial charge in [0, 0.05) is 18.5 Å². The summed E-state index contributed by atoms with van der Waals surface area (Å²) in [6, 6.07) is 3.91. The largest absolute Gasteiger partial charge is 0.481 e. The third kappa shape index (κ3) is 5.29. The third-order valence-corrected chi connectivity index (χ3v) is 2.58. The van der Waals surface area contributed by atoms with Crippen LogP contribution in [-0.2, 0) is 11.0 Å². The Hall–Kier alpha value is -2.05. The normalized spacial score (nSPS) is 11.2. The van der Waals surface area contributed by atoms with Gasteiger partial charge in [0.1, 0.15) is 0 Å². The van der Waals surface area contributed by atoms with Crippen LogP contribution in [0.5, 0.6) is 0 Å². The monoisotopic (exact) mass is 289 g/mol. The van der Waals surface area contributed by atoms with Gasteiger partial charge in [-0.1, -0.05) is 0 Å². The first kappa shape index (κ1) is 16.0. The van der Waals surface area contributed by atoms with Gasteiger partial charge in [-0.25, -0.2) is 0 Å². The number of carbonyl (C=O) groups excluding carboxylic acids is 1. The van der Waals surface area contributed by atoms with Crippen molar-refractivity contribution in [2.45, 2.75) is 25.4 Å². The summed E-state index contributed by atoms with van der Waals surface area (Å²) >= 11 is 0. The Kier molecular flexibility index (Phi) is 5.54. The summed E-state index contributed by atoms with van der Waals surface area (Å²) in [5.41, 5.74) is -0.674. The molecule has 0 aromatic heterocycles. The predicted molar refractivity (Wildman–Crippen MR) is 65.3 cm³/mol. The summed E-state index contributed by atoms with van der Waals surface area (Å²) in [4.78, 5) is 21.8. The van der Waals surface area contributed by atoms with Gasteiger partial charge in [0.15, 0.2) is 0 Å². The summed E-state index contributed by atoms with van der Waals surface area (Å²) in [5, 5.41) is 10.9. The molecule has 0 spiro atoms. The molecule has 0 heterocycles. The summed E-state index contributed by atoms with van der Waals surface area (Å²) in [6.45, 7) is 0.285. The minimum absolute atomic E-state index is 0.0240. The van der Waals surface area contributed by atoms with Crippen molar-refractivity contribution in [2.75, 3.05) is 6.54 Å². The Morgan fingerprint density at radius 1 is 1.10 bits per heavy atom. The van der Waals surface area contributed by atoms with E-state index in [1.165, 1.54) is 0 Å². The van der Waals surface area contributed by atoms with E-state index in [-0.39, 0.29) is 18.5 Å². The second-order valence-electron chi connectivity index (χ2n) is 4.18. The number of aliphatic carboxylic acids is 1. The molecule has 4 nitrogen and oxygen atoms in total. The Morgan fingerprint density at radius 3 is 2.20 bits per heavy atom. The minimum Gasteiger partial charge on any atom is -0.481 e. The molecule has 1 rings (SSSR count). The van der Waals surface area contributed by atoms with E-state index in [4.69, 9.17) is 5.11 Å². The van der Waals surface area contributed by atoms with E-state index in [2.05, 4.69) is 5.32 Å². The number of nitrogens with one attached hydrogen (secondary N) is 1. The Labute approximate surface area is 113 Å². The molecule has 0 saturated carbocycles. The average Bonchev–Trinajstić information content (AvgIpc) is 2.37. The van der Waals surface area contributed by atoms with Crippen molar-refractivity contribution in [1.29, 1.82) is 0 Å². The first-order valence-corrected chi connectivity index (χ1v) is 5.98. The quantitative estimate of drug-likeness (QED) is 0.791. The zero-order valence-corrected chi connectivity index (χ0v) is 10.5. The second-order valence-corrected chi connectivity index (χ2v) is 4.18. The number of unbranched alkanes of at least 4 members (excludes halogenated alkanes) is 1. The second kappa shape index (κ2) is 6.93. The number of carboxylic acid groups (broad SMARTS) is 1. The van der Waals surface area contributed by atoms with Crippen molar-refractivity contribution >= 4 is 11.9 Å². The molecule has 0 aliphatic rings. The maximum atomic E-state index is 12.3. The molecule has 2 N–H and O–H groups in total. The molecule has 0 bridgehead atoms. The molecule has 1 amide bonds. The number of alkyl halides is 3. The summed E-state index contributed by atoms with van der Waals surface area (Å²) in [5.74, 6) is -1.38. The van der Waals surface area contributed by atoms with Gasteiger partial charge >= 0.3 is 12.1 Å². The Balaban J connectivity index is 2.42. The molecule has 0 aliphatic carbocycles. The number of carboxylic acids is 1. The number of hydrogen-bond acceptors (Lipinski definition) is 2. The molecule has 0 radical (unpaired) electrons. The average molecular weight is 289 g/mol. The van der Waals surface area contributed by atoms with Crippen molar-refractivity contribution in [1.82, 2.24) is 5.32 Å². The lowest BCUT2D eigenvalue weighted by Crippen LogP contribution is -2.24. The Morgan fingerprint density at radius 2 is 1.70 bits per heavy atom. The van der Waals surface area contributed by atoms with Crippen LogP contribution in [0, 0.1) is 0 Å². The van der Waals surface area contributed by atoms with Crippen LogP contribution in [0.25, 0.3) is 0 Å². The van der Waals surface area contributed by atoms with E-state index in [9.17, 15) is 22.8 Å². The molecular formula is C13H14F3NO3. The van der Waals surface area contributed by atoms with Gasteiger partial charge in [0.2, 0.25) is 0 Å². The van der Waals surface area contributed by atoms with E-state index >= 15 is 0 Å². The fourth-order valence-corrected chi connectivity index (χ4v) is 1.52. The number of amides is 1. The fourth-order valence-electron chi connectivity index (χ4n) is 1.52. The molecule has 0 unspecified atom stereocenters. The number of rotatable bonds is 6. The lowest BCUT2D eigenvalue weighted by atomic mass is 10.1. The van der Waals surface area contributed by atoms with Crippen molar-refractivity contribution in [2.24, 2.45) is 0 Å². The maximum Gasteiger partial charge on any atom is 0.416 e. The highest BCUT2D eigenvalue weighted by Gasteiger charge is 2.30. The van der Waals surface area contributed by atoms with Gasteiger partial charge < -0.3 is 10.4 Å². The van der Waals surface area contributed by atoms with Crippen LogP contribution in [-0.4, -0.2) is 23.5 Å². The predicted octanol–water partition coefficient (Wildman–Crippen LogP) is 2.69. The number of halogens is 3. The van der Waals surface area contributed by atoms with E-state index in [1.54, 1.807) is 0 Å². The SMILES string of the molecule is O=C(O)CCCCNC(=O)c1ccc(C(F)(F)F)cc1. The van der Waals surface area contributed by atoms with Gasteiger partial charge in [-0.15, -0.1) is 0 Å². The first-order chi connectivity index (χ1) is 9.30. The molecule has 1 aromatic rings. The maximum absolute atomic E-state index is 12.3. The highest BCUT2D eigenvalue weighted by atomic mass is 19.4. The van der Waals surface area contributed by atoms with Crippen molar-refractivity contribution in [3.63, 3.8) is 0 Å². The third-order valence-electron chi connectivity index (χ3n) is 2.58. The highest BCUT2D eigenvalue weighted by molar-refractivity contribution is 5.94. The van der Waals surface area contributed by atoms with Crippen LogP contribution in [0.1, 0.15) is 35.2 Å². The minimum atomic E-state index is -4.42. The fraction of sp³-hybridized carbons (Fsp3) is 0.385. The lowest BCUT2D eigenvalue weighted by molar-refractivity contribution is -0.138. The lowest BCUT2D eigenvalue weighted by Gasteiger charge is -2.08. The van der Waals surface area contributed by atoms with Crippen LogP contribution in [0.3, 0.4) is 0 Å². The van der Waals surface area contributed by atoms with E-state index < -0.39 is 23.6 Å². The first-order valence-electron chi connectivity index (χ1n) is 5.98. The molecule has 0 atom stereocenters. The van der Waals surface area contributed by atoms with Gasteiger partial charge in [0.05, 0.1) is 5.56 Å². The molecule has 0 fully saturated rings. The molecule has 0 saturated heterocycles. The van der Waals surface area contributed by atoms with Crippen LogP contribution < -0.4 is 5.32 Å². The zero-order valence-electron chi connectivity index (χ0n) is 10.5. The molecule has 0 aliphatic heterocycles. The number of benzene rings is 1. The standard InChI is InChI=1S/C13H14F3NO3/c14-13(15,16)10-6-4-9(5-7-10)12(20)17-8-2-1-3-11(18)19/h4-7H,1-3,8H2,(H,17,20)(H,18,19). The summed E-state index contributed by atoms with van der Waals surface area (Å²) < 4.78 is 37.0. The van der Waals surface area contributed by atoms with E-state index in [0.29, 0.717) is 12.8 Å². The van der Waals surface area contributed by atoms with Gasteiger partial charge in [-0.2, -0.15) is 13.2 Å². The summed E-state index contributed by atoms with van der Waals surface area (Å²) in [7, 11) is 0. The van der Waals surface area contributed by atoms with Crippen LogP contribution >= 0.6 is 0 Å². The van der Waals surface area contributed by atoms with Gasteiger partial charge in [-0.05, 0) is 37.1 Å². The van der Waals surface area contributed by atoms with Crippen LogP contribution in [0.2, 0.25) is 0 Å². The topological polar surface area (TPSA) is 66.4 Å². The molecule has 20 heavy (non-hydrogen) atoms. The summed E-state index contributed by atoms with van der Waals surface area (Å²) in [6.07, 6.45) is -3.47. The van der Waals surface area contributed by atoms with Gasteiger partial charge in [-0.3, -0.25) is 9.59 Å². The molecule has 110 valence electrons. The van der Waals surface area contributed by atoms with Crippen molar-refractivity contribution < 1.29 is 27.9 Å². The highest BCUT2D eigenvalue weighted by Crippen LogP contribution is 2.28. The molecular weight excluding hydrogens is 275 g/mol. The Bertz CT molecular complexity index is 469. The van der Waals surface area contributed by atoms with Gasteiger partial charge in [0.25, 0.3) is 5.91 Å². The molecule has 7 heteroatoms.